The number of aromatic nitrogens is 1. The van der Waals surface area contributed by atoms with Gasteiger partial charge in [-0.15, -0.1) is 0 Å². The molecular weight excluding hydrogens is 282 g/mol. The second-order valence-electron chi connectivity index (χ2n) is 5.61. The molecule has 0 bridgehead atoms. The molecule has 0 radical (unpaired) electrons. The van der Waals surface area contributed by atoms with Gasteiger partial charge >= 0.3 is 0 Å². The molecule has 1 aliphatic heterocycles. The number of nitrogens with two attached hydrogens (primary N) is 1. The molecule has 0 aliphatic carbocycles. The van der Waals surface area contributed by atoms with E-state index in [1.165, 1.54) is 0 Å². The quantitative estimate of drug-likeness (QED) is 0.724. The Balaban J connectivity index is 1.99. The fourth-order valence-electron chi connectivity index (χ4n) is 2.54. The summed E-state index contributed by atoms with van der Waals surface area (Å²) in [5, 5.41) is 3.50. The average Bonchev–Trinajstić information content (AvgIpc) is 2.52. The van der Waals surface area contributed by atoms with E-state index in [0.717, 1.165) is 50.4 Å². The number of nitrogen functional groups attached to an aromatic ring is 1. The standard InChI is InChI=1S/C15H25N5O2/c1-19(7-8-22-2)15-10-13(9-14(16)18-15)17-12-3-5-20(11-21)6-4-12/h9-12H,3-8H2,1-2H3,(H3,16,17,18). The fraction of sp³-hybridized carbons (Fsp3) is 0.600. The Hall–Kier alpha value is -2.02. The molecule has 0 unspecified atom stereocenters. The van der Waals surface area contributed by atoms with Gasteiger partial charge in [-0.3, -0.25) is 4.79 Å². The van der Waals surface area contributed by atoms with Gasteiger partial charge in [0.15, 0.2) is 0 Å². The predicted octanol–water partition coefficient (Wildman–Crippen LogP) is 0.779. The summed E-state index contributed by atoms with van der Waals surface area (Å²) in [7, 11) is 3.65. The first kappa shape index (κ1) is 16.4. The lowest BCUT2D eigenvalue weighted by molar-refractivity contribution is -0.118. The van der Waals surface area contributed by atoms with Gasteiger partial charge in [0.1, 0.15) is 11.6 Å². The molecule has 0 atom stereocenters. The van der Waals surface area contributed by atoms with Crippen molar-refractivity contribution < 1.29 is 9.53 Å². The summed E-state index contributed by atoms with van der Waals surface area (Å²) >= 11 is 0. The van der Waals surface area contributed by atoms with Gasteiger partial charge in [-0.1, -0.05) is 0 Å². The van der Waals surface area contributed by atoms with Gasteiger partial charge in [0.05, 0.1) is 6.61 Å². The molecule has 1 saturated heterocycles. The summed E-state index contributed by atoms with van der Waals surface area (Å²) in [4.78, 5) is 18.9. The number of carbonyl (C=O) groups is 1. The van der Waals surface area contributed by atoms with E-state index in [9.17, 15) is 4.79 Å². The Morgan fingerprint density at radius 1 is 1.50 bits per heavy atom. The first-order chi connectivity index (χ1) is 10.6. The summed E-state index contributed by atoms with van der Waals surface area (Å²) in [6, 6.07) is 4.20. The van der Waals surface area contributed by atoms with Crippen LogP contribution in [0.1, 0.15) is 12.8 Å². The van der Waals surface area contributed by atoms with E-state index in [0.29, 0.717) is 18.5 Å². The number of likely N-dealkylation sites (N-methyl/N-ethyl adjacent to an activating group) is 1. The van der Waals surface area contributed by atoms with E-state index in [2.05, 4.69) is 10.3 Å². The molecule has 3 N–H and O–H groups in total. The summed E-state index contributed by atoms with van der Waals surface area (Å²) in [6.45, 7) is 2.98. The monoisotopic (exact) mass is 307 g/mol. The van der Waals surface area contributed by atoms with Crippen LogP contribution in [0, 0.1) is 0 Å². The van der Waals surface area contributed by atoms with Gasteiger partial charge in [0.25, 0.3) is 0 Å². The van der Waals surface area contributed by atoms with Crippen LogP contribution >= 0.6 is 0 Å². The third-order valence-electron chi connectivity index (χ3n) is 3.90. The van der Waals surface area contributed by atoms with Crippen LogP contribution in [0.2, 0.25) is 0 Å². The maximum atomic E-state index is 10.7. The zero-order chi connectivity index (χ0) is 15.9. The average molecular weight is 307 g/mol. The fourth-order valence-corrected chi connectivity index (χ4v) is 2.54. The highest BCUT2D eigenvalue weighted by Crippen LogP contribution is 2.22. The number of ether oxygens (including phenoxy) is 1. The highest BCUT2D eigenvalue weighted by Gasteiger charge is 2.18. The van der Waals surface area contributed by atoms with Crippen LogP contribution in [-0.2, 0) is 9.53 Å². The highest BCUT2D eigenvalue weighted by molar-refractivity contribution is 5.60. The van der Waals surface area contributed by atoms with Crippen LogP contribution in [0.3, 0.4) is 0 Å². The predicted molar refractivity (Wildman–Crippen MR) is 88.1 cm³/mol. The first-order valence-electron chi connectivity index (χ1n) is 7.56. The summed E-state index contributed by atoms with van der Waals surface area (Å²) in [5.41, 5.74) is 6.88. The van der Waals surface area contributed by atoms with Crippen LogP contribution in [0.4, 0.5) is 17.3 Å². The number of hydrogen-bond acceptors (Lipinski definition) is 6. The van der Waals surface area contributed by atoms with E-state index in [-0.39, 0.29) is 0 Å². The molecule has 122 valence electrons. The Morgan fingerprint density at radius 2 is 2.23 bits per heavy atom. The Labute approximate surface area is 131 Å². The summed E-state index contributed by atoms with van der Waals surface area (Å²) in [6.07, 6.45) is 2.80. The number of carbonyl (C=O) groups excluding carboxylic acids is 1. The van der Waals surface area contributed by atoms with Crippen molar-refractivity contribution in [2.45, 2.75) is 18.9 Å². The lowest BCUT2D eigenvalue weighted by Gasteiger charge is -2.30. The smallest absolute Gasteiger partial charge is 0.209 e. The van der Waals surface area contributed by atoms with Crippen molar-refractivity contribution in [2.24, 2.45) is 0 Å². The van der Waals surface area contributed by atoms with Crippen molar-refractivity contribution in [1.82, 2.24) is 9.88 Å². The molecule has 1 aromatic heterocycles. The first-order valence-corrected chi connectivity index (χ1v) is 7.56. The minimum atomic E-state index is 0.357. The summed E-state index contributed by atoms with van der Waals surface area (Å²) in [5.74, 6) is 1.32. The minimum absolute atomic E-state index is 0.357. The van der Waals surface area contributed by atoms with Crippen molar-refractivity contribution in [2.75, 3.05) is 56.3 Å². The molecule has 22 heavy (non-hydrogen) atoms. The molecular formula is C15H25N5O2. The molecule has 0 saturated carbocycles. The van der Waals surface area contributed by atoms with Crippen molar-refractivity contribution in [1.29, 1.82) is 0 Å². The number of nitrogens with zero attached hydrogens (tertiary/aromatic N) is 3. The van der Waals surface area contributed by atoms with Crippen molar-refractivity contribution >= 4 is 23.7 Å². The zero-order valence-electron chi connectivity index (χ0n) is 13.3. The van der Waals surface area contributed by atoms with Crippen LogP contribution in [0.5, 0.6) is 0 Å². The largest absolute Gasteiger partial charge is 0.384 e. The second kappa shape index (κ2) is 7.84. The lowest BCUT2D eigenvalue weighted by Crippen LogP contribution is -2.38. The van der Waals surface area contributed by atoms with Crippen molar-refractivity contribution in [3.63, 3.8) is 0 Å². The maximum Gasteiger partial charge on any atom is 0.209 e. The number of methoxy groups -OCH3 is 1. The van der Waals surface area contributed by atoms with Gasteiger partial charge < -0.3 is 25.6 Å². The van der Waals surface area contributed by atoms with E-state index < -0.39 is 0 Å². The van der Waals surface area contributed by atoms with Crippen LogP contribution in [-0.4, -0.2) is 62.7 Å². The molecule has 7 heteroatoms. The molecule has 0 spiro atoms. The second-order valence-corrected chi connectivity index (χ2v) is 5.61. The van der Waals surface area contributed by atoms with Crippen molar-refractivity contribution in [3.8, 4) is 0 Å². The SMILES string of the molecule is COCCN(C)c1cc(NC2CCN(C=O)CC2)cc(N)n1. The Bertz CT molecular complexity index is 489. The van der Waals surface area contributed by atoms with Gasteiger partial charge in [0.2, 0.25) is 6.41 Å². The number of anilines is 3. The van der Waals surface area contributed by atoms with E-state index in [4.69, 9.17) is 10.5 Å². The molecule has 7 nitrogen and oxygen atoms in total. The molecule has 0 aromatic carbocycles. The van der Waals surface area contributed by atoms with E-state index >= 15 is 0 Å². The third-order valence-corrected chi connectivity index (χ3v) is 3.90. The lowest BCUT2D eigenvalue weighted by atomic mass is 10.1. The van der Waals surface area contributed by atoms with Crippen molar-refractivity contribution in [3.05, 3.63) is 12.1 Å². The number of likely N-dealkylation sites (tertiary alicyclic amines) is 1. The number of nitrogens with one attached hydrogen (secondary N) is 1. The Morgan fingerprint density at radius 3 is 2.86 bits per heavy atom. The normalized spacial score (nSPS) is 15.6. The maximum absolute atomic E-state index is 10.7. The molecule has 1 aromatic rings. The van der Waals surface area contributed by atoms with Gasteiger partial charge in [-0.05, 0) is 12.8 Å². The third kappa shape index (κ3) is 4.49. The molecule has 2 rings (SSSR count). The number of amides is 1. The number of rotatable bonds is 7. The summed E-state index contributed by atoms with van der Waals surface area (Å²) < 4.78 is 5.09. The van der Waals surface area contributed by atoms with Crippen LogP contribution in [0.25, 0.3) is 0 Å². The molecule has 1 amide bonds. The minimum Gasteiger partial charge on any atom is -0.384 e. The van der Waals surface area contributed by atoms with Gasteiger partial charge in [-0.2, -0.15) is 0 Å². The molecule has 1 fully saturated rings. The topological polar surface area (TPSA) is 83.7 Å². The number of pyridine rings is 1. The molecule has 1 aliphatic rings. The van der Waals surface area contributed by atoms with Gasteiger partial charge in [-0.25, -0.2) is 4.98 Å². The van der Waals surface area contributed by atoms with E-state index in [1.807, 2.05) is 29.0 Å². The van der Waals surface area contributed by atoms with Gasteiger partial charge in [0, 0.05) is 57.7 Å². The number of piperidine rings is 1. The highest BCUT2D eigenvalue weighted by atomic mass is 16.5. The number of hydrogen-bond donors (Lipinski definition) is 2. The van der Waals surface area contributed by atoms with Crippen LogP contribution in [0.15, 0.2) is 12.1 Å². The van der Waals surface area contributed by atoms with Crippen LogP contribution < -0.4 is 16.0 Å². The Kier molecular flexibility index (Phi) is 5.83. The molecule has 2 heterocycles. The zero-order valence-corrected chi connectivity index (χ0v) is 13.3. The van der Waals surface area contributed by atoms with E-state index in [1.54, 1.807) is 7.11 Å².